The molecule has 1 saturated heterocycles. The maximum Gasteiger partial charge on any atom is 0.221 e. The van der Waals surface area contributed by atoms with Gasteiger partial charge in [-0.15, -0.1) is 0 Å². The topological polar surface area (TPSA) is 80.5 Å². The predicted octanol–water partition coefficient (Wildman–Crippen LogP) is 1.01. The molecule has 0 unspecified atom stereocenters. The normalized spacial score (nSPS) is 15.7. The van der Waals surface area contributed by atoms with Crippen LogP contribution in [-0.2, 0) is 16.0 Å². The molecule has 1 aliphatic rings. The molecule has 1 aromatic rings. The molecule has 0 aliphatic carbocycles. The summed E-state index contributed by atoms with van der Waals surface area (Å²) in [5.41, 5.74) is 6.13. The lowest BCUT2D eigenvalue weighted by molar-refractivity contribution is -0.117. The number of carbonyl (C=O) groups is 1. The Balaban J connectivity index is 2.02. The van der Waals surface area contributed by atoms with Gasteiger partial charge in [0.25, 0.3) is 0 Å². The number of pyridine rings is 1. The highest BCUT2D eigenvalue weighted by Crippen LogP contribution is 2.21. The van der Waals surface area contributed by atoms with Crippen molar-refractivity contribution in [2.75, 3.05) is 44.1 Å². The van der Waals surface area contributed by atoms with Gasteiger partial charge in [-0.1, -0.05) is 6.07 Å². The van der Waals surface area contributed by atoms with E-state index in [1.165, 1.54) is 0 Å². The van der Waals surface area contributed by atoms with Crippen LogP contribution in [0.5, 0.6) is 0 Å². The first-order valence-electron chi connectivity index (χ1n) is 7.33. The van der Waals surface area contributed by atoms with E-state index in [-0.39, 0.29) is 12.3 Å². The molecule has 1 amide bonds. The van der Waals surface area contributed by atoms with E-state index in [9.17, 15) is 4.79 Å². The zero-order chi connectivity index (χ0) is 15.2. The van der Waals surface area contributed by atoms with E-state index in [0.717, 1.165) is 49.8 Å². The zero-order valence-corrected chi connectivity index (χ0v) is 12.8. The first kappa shape index (κ1) is 15.6. The number of hydrogen-bond donors (Lipinski definition) is 2. The number of amides is 1. The predicted molar refractivity (Wildman–Crippen MR) is 83.5 cm³/mol. The second-order valence-corrected chi connectivity index (χ2v) is 5.65. The van der Waals surface area contributed by atoms with Crippen molar-refractivity contribution < 1.29 is 9.53 Å². The van der Waals surface area contributed by atoms with Gasteiger partial charge in [0.1, 0.15) is 11.6 Å². The Morgan fingerprint density at radius 1 is 1.43 bits per heavy atom. The molecule has 1 fully saturated rings. The smallest absolute Gasteiger partial charge is 0.221 e. The molecule has 6 heteroatoms. The number of carbonyl (C=O) groups excluding carboxylic acids is 1. The molecule has 2 heterocycles. The molecule has 1 aromatic heterocycles. The van der Waals surface area contributed by atoms with Gasteiger partial charge in [0.2, 0.25) is 5.91 Å². The highest BCUT2D eigenvalue weighted by atomic mass is 16.5. The molecule has 0 radical (unpaired) electrons. The van der Waals surface area contributed by atoms with Crippen molar-refractivity contribution in [2.24, 2.45) is 11.7 Å². The third-order valence-corrected chi connectivity index (χ3v) is 3.66. The van der Waals surface area contributed by atoms with Crippen LogP contribution in [0.25, 0.3) is 0 Å². The van der Waals surface area contributed by atoms with Gasteiger partial charge in [0.15, 0.2) is 0 Å². The number of anilines is 2. The number of nitrogens with one attached hydrogen (secondary N) is 1. The minimum Gasteiger partial charge on any atom is -0.381 e. The monoisotopic (exact) mass is 292 g/mol. The van der Waals surface area contributed by atoms with Crippen molar-refractivity contribution in [3.8, 4) is 0 Å². The van der Waals surface area contributed by atoms with Gasteiger partial charge in [-0.3, -0.25) is 4.79 Å². The molecule has 6 nitrogen and oxygen atoms in total. The summed E-state index contributed by atoms with van der Waals surface area (Å²) < 4.78 is 5.36. The fourth-order valence-corrected chi connectivity index (χ4v) is 2.49. The number of ether oxygens (including phenoxy) is 1. The summed E-state index contributed by atoms with van der Waals surface area (Å²) in [6, 6.07) is 3.82. The molecule has 116 valence electrons. The van der Waals surface area contributed by atoms with E-state index < -0.39 is 0 Å². The summed E-state index contributed by atoms with van der Waals surface area (Å²) >= 11 is 0. The van der Waals surface area contributed by atoms with Crippen LogP contribution < -0.4 is 16.0 Å². The van der Waals surface area contributed by atoms with Crippen LogP contribution in [0, 0.1) is 5.92 Å². The van der Waals surface area contributed by atoms with Crippen LogP contribution in [0.3, 0.4) is 0 Å². The third kappa shape index (κ3) is 4.60. The first-order chi connectivity index (χ1) is 10.1. The first-order valence-corrected chi connectivity index (χ1v) is 7.33. The fourth-order valence-electron chi connectivity index (χ4n) is 2.49. The molecule has 2 rings (SSSR count). The number of aromatic nitrogens is 1. The van der Waals surface area contributed by atoms with Gasteiger partial charge in [0.05, 0.1) is 6.42 Å². The van der Waals surface area contributed by atoms with Gasteiger partial charge >= 0.3 is 0 Å². The molecule has 0 aromatic carbocycles. The van der Waals surface area contributed by atoms with Crippen LogP contribution >= 0.6 is 0 Å². The second-order valence-electron chi connectivity index (χ2n) is 5.65. The lowest BCUT2D eigenvalue weighted by Crippen LogP contribution is -2.23. The summed E-state index contributed by atoms with van der Waals surface area (Å²) in [6.07, 6.45) is 2.39. The molecule has 3 N–H and O–H groups in total. The summed E-state index contributed by atoms with van der Waals surface area (Å²) in [4.78, 5) is 17.6. The molecule has 21 heavy (non-hydrogen) atoms. The highest BCUT2D eigenvalue weighted by molar-refractivity contribution is 5.78. The average molecular weight is 292 g/mol. The Morgan fingerprint density at radius 2 is 2.14 bits per heavy atom. The number of nitrogens with two attached hydrogens (primary N) is 1. The Labute approximate surface area is 125 Å². The van der Waals surface area contributed by atoms with Gasteiger partial charge in [-0.05, 0) is 24.8 Å². The summed E-state index contributed by atoms with van der Waals surface area (Å²) in [5, 5.41) is 3.38. The van der Waals surface area contributed by atoms with Crippen LogP contribution in [-0.4, -0.2) is 44.7 Å². The van der Waals surface area contributed by atoms with Crippen molar-refractivity contribution >= 4 is 17.5 Å². The van der Waals surface area contributed by atoms with Crippen LogP contribution in [0.2, 0.25) is 0 Å². The molecule has 0 spiro atoms. The van der Waals surface area contributed by atoms with Crippen molar-refractivity contribution in [3.05, 3.63) is 17.7 Å². The minimum absolute atomic E-state index is 0.209. The SMILES string of the molecule is CN(C)c1nc(NCC2CCOCC2)ccc1CC(N)=O. The van der Waals surface area contributed by atoms with E-state index >= 15 is 0 Å². The van der Waals surface area contributed by atoms with E-state index in [4.69, 9.17) is 10.5 Å². The number of primary amides is 1. The summed E-state index contributed by atoms with van der Waals surface area (Å²) in [6.45, 7) is 2.60. The third-order valence-electron chi connectivity index (χ3n) is 3.66. The maximum absolute atomic E-state index is 11.1. The Morgan fingerprint density at radius 3 is 2.76 bits per heavy atom. The average Bonchev–Trinajstić information content (AvgIpc) is 2.46. The van der Waals surface area contributed by atoms with Gasteiger partial charge < -0.3 is 20.7 Å². The summed E-state index contributed by atoms with van der Waals surface area (Å²) in [5.74, 6) is 1.90. The van der Waals surface area contributed by atoms with Crippen LogP contribution in [0.4, 0.5) is 11.6 Å². The van der Waals surface area contributed by atoms with Crippen LogP contribution in [0.1, 0.15) is 18.4 Å². The number of hydrogen-bond acceptors (Lipinski definition) is 5. The van der Waals surface area contributed by atoms with E-state index in [2.05, 4.69) is 10.3 Å². The van der Waals surface area contributed by atoms with Crippen molar-refractivity contribution in [1.82, 2.24) is 4.98 Å². The lowest BCUT2D eigenvalue weighted by Gasteiger charge is -2.23. The van der Waals surface area contributed by atoms with Crippen molar-refractivity contribution in [1.29, 1.82) is 0 Å². The van der Waals surface area contributed by atoms with Gasteiger partial charge in [0, 0.05) is 39.4 Å². The standard InChI is InChI=1S/C15H24N4O2/c1-19(2)15-12(9-13(16)20)3-4-14(18-15)17-10-11-5-7-21-8-6-11/h3-4,11H,5-10H2,1-2H3,(H2,16,20)(H,17,18). The number of rotatable bonds is 6. The quantitative estimate of drug-likeness (QED) is 0.818. The molecule has 0 atom stereocenters. The number of nitrogens with zero attached hydrogens (tertiary/aromatic N) is 2. The Hall–Kier alpha value is -1.82. The lowest BCUT2D eigenvalue weighted by atomic mass is 10.0. The fraction of sp³-hybridized carbons (Fsp3) is 0.600. The van der Waals surface area contributed by atoms with E-state index in [0.29, 0.717) is 5.92 Å². The largest absolute Gasteiger partial charge is 0.381 e. The molecule has 0 bridgehead atoms. The van der Waals surface area contributed by atoms with Gasteiger partial charge in [-0.25, -0.2) is 4.98 Å². The van der Waals surface area contributed by atoms with Crippen molar-refractivity contribution in [2.45, 2.75) is 19.3 Å². The van der Waals surface area contributed by atoms with Crippen molar-refractivity contribution in [3.63, 3.8) is 0 Å². The Kier molecular flexibility index (Phi) is 5.38. The van der Waals surface area contributed by atoms with Crippen LogP contribution in [0.15, 0.2) is 12.1 Å². The molecular weight excluding hydrogens is 268 g/mol. The second kappa shape index (κ2) is 7.26. The molecule has 1 aliphatic heterocycles. The van der Waals surface area contributed by atoms with E-state index in [1.54, 1.807) is 0 Å². The minimum atomic E-state index is -0.345. The molecular formula is C15H24N4O2. The highest BCUT2D eigenvalue weighted by Gasteiger charge is 2.14. The maximum atomic E-state index is 11.1. The zero-order valence-electron chi connectivity index (χ0n) is 12.8. The van der Waals surface area contributed by atoms with Gasteiger partial charge in [-0.2, -0.15) is 0 Å². The molecule has 0 saturated carbocycles. The Bertz CT molecular complexity index is 485. The summed E-state index contributed by atoms with van der Waals surface area (Å²) in [7, 11) is 3.82. The van der Waals surface area contributed by atoms with E-state index in [1.807, 2.05) is 31.1 Å².